The molecule has 0 aromatic heterocycles. The average Bonchev–Trinajstić information content (AvgIpc) is 2.83. The number of amides is 2. The molecule has 2 aliphatic rings. The Morgan fingerprint density at radius 3 is 3.09 bits per heavy atom. The lowest BCUT2D eigenvalue weighted by molar-refractivity contribution is -0.120. The number of benzene rings is 1. The van der Waals surface area contributed by atoms with E-state index in [1.807, 2.05) is 12.1 Å². The number of hydrogen-bond acceptors (Lipinski definition) is 3. The molecule has 0 saturated heterocycles. The number of anilines is 1. The van der Waals surface area contributed by atoms with Crippen molar-refractivity contribution >= 4 is 17.5 Å². The molecule has 5 nitrogen and oxygen atoms in total. The van der Waals surface area contributed by atoms with Gasteiger partial charge in [-0.1, -0.05) is 12.5 Å². The molecule has 116 valence electrons. The van der Waals surface area contributed by atoms with E-state index in [2.05, 4.69) is 10.6 Å². The summed E-state index contributed by atoms with van der Waals surface area (Å²) >= 11 is 0. The third-order valence-corrected chi connectivity index (χ3v) is 4.27. The normalized spacial score (nSPS) is 20.4. The summed E-state index contributed by atoms with van der Waals surface area (Å²) in [5, 5.41) is 5.81. The molecule has 1 aromatic carbocycles. The number of rotatable bonds is 4. The van der Waals surface area contributed by atoms with Crippen molar-refractivity contribution in [3.63, 3.8) is 0 Å². The van der Waals surface area contributed by atoms with Gasteiger partial charge in [0.15, 0.2) is 0 Å². The Hall–Kier alpha value is -2.30. The fourth-order valence-corrected chi connectivity index (χ4v) is 3.18. The molecule has 1 atom stereocenters. The number of ether oxygens (including phenoxy) is 1. The fraction of sp³-hybridized carbons (Fsp3) is 0.412. The van der Waals surface area contributed by atoms with Crippen molar-refractivity contribution in [1.29, 1.82) is 0 Å². The molecule has 0 spiro atoms. The van der Waals surface area contributed by atoms with Crippen LogP contribution in [0.25, 0.3) is 0 Å². The summed E-state index contributed by atoms with van der Waals surface area (Å²) in [5.41, 5.74) is 2.47. The van der Waals surface area contributed by atoms with E-state index in [1.54, 1.807) is 19.2 Å². The van der Waals surface area contributed by atoms with E-state index in [0.717, 1.165) is 31.3 Å². The highest BCUT2D eigenvalue weighted by molar-refractivity contribution is 6.04. The van der Waals surface area contributed by atoms with Gasteiger partial charge in [-0.05, 0) is 37.0 Å². The molecule has 0 bridgehead atoms. The highest BCUT2D eigenvalue weighted by atomic mass is 16.5. The minimum atomic E-state index is -0.169. The Labute approximate surface area is 129 Å². The Balaban J connectivity index is 1.69. The van der Waals surface area contributed by atoms with Gasteiger partial charge in [0.05, 0.1) is 19.6 Å². The van der Waals surface area contributed by atoms with E-state index in [9.17, 15) is 9.59 Å². The minimum absolute atomic E-state index is 0.0808. The van der Waals surface area contributed by atoms with Crippen LogP contribution in [0.3, 0.4) is 0 Å². The van der Waals surface area contributed by atoms with Crippen molar-refractivity contribution < 1.29 is 14.3 Å². The molecular formula is C17H20N2O3. The van der Waals surface area contributed by atoms with Crippen LogP contribution in [0.5, 0.6) is 5.75 Å². The van der Waals surface area contributed by atoms with Crippen LogP contribution >= 0.6 is 0 Å². The van der Waals surface area contributed by atoms with Crippen molar-refractivity contribution in [2.24, 2.45) is 0 Å². The first-order valence-electron chi connectivity index (χ1n) is 7.64. The summed E-state index contributed by atoms with van der Waals surface area (Å²) in [6, 6.07) is 7.35. The van der Waals surface area contributed by atoms with Gasteiger partial charge in [0.25, 0.3) is 0 Å². The first-order chi connectivity index (χ1) is 10.7. The maximum Gasteiger partial charge on any atom is 0.248 e. The third kappa shape index (κ3) is 2.98. The van der Waals surface area contributed by atoms with Crippen LogP contribution < -0.4 is 15.4 Å². The predicted molar refractivity (Wildman–Crippen MR) is 83.7 cm³/mol. The van der Waals surface area contributed by atoms with Gasteiger partial charge in [-0.15, -0.1) is 0 Å². The maximum absolute atomic E-state index is 12.2. The number of nitrogens with one attached hydrogen (secondary N) is 2. The lowest BCUT2D eigenvalue weighted by Gasteiger charge is -2.20. The molecule has 3 rings (SSSR count). The standard InChI is InChI=1S/C17H20N2O3/c1-22-12-6-4-5-11(9-12)18-16(20)10-14-13-7-2-3-8-15(13)19-17(14)21/h4-6,9,15H,2-3,7-8,10H2,1H3,(H,18,20)(H,19,21). The van der Waals surface area contributed by atoms with Crippen LogP contribution in [0.2, 0.25) is 0 Å². The van der Waals surface area contributed by atoms with Gasteiger partial charge in [0, 0.05) is 17.3 Å². The maximum atomic E-state index is 12.2. The molecule has 1 aliphatic heterocycles. The van der Waals surface area contributed by atoms with Crippen molar-refractivity contribution in [3.8, 4) is 5.75 Å². The molecule has 1 aromatic rings. The summed E-state index contributed by atoms with van der Waals surface area (Å²) in [6.45, 7) is 0. The number of carbonyl (C=O) groups is 2. The zero-order chi connectivity index (χ0) is 15.5. The summed E-state index contributed by atoms with van der Waals surface area (Å²) < 4.78 is 5.13. The lowest BCUT2D eigenvalue weighted by atomic mass is 9.88. The van der Waals surface area contributed by atoms with Gasteiger partial charge in [-0.2, -0.15) is 0 Å². The molecule has 2 N–H and O–H groups in total. The van der Waals surface area contributed by atoms with E-state index < -0.39 is 0 Å². The van der Waals surface area contributed by atoms with Crippen LogP contribution in [0, 0.1) is 0 Å². The molecule has 1 fully saturated rings. The van der Waals surface area contributed by atoms with E-state index in [4.69, 9.17) is 4.74 Å². The van der Waals surface area contributed by atoms with Crippen LogP contribution in [-0.4, -0.2) is 25.0 Å². The fourth-order valence-electron chi connectivity index (χ4n) is 3.18. The van der Waals surface area contributed by atoms with Crippen LogP contribution in [0.15, 0.2) is 35.4 Å². The van der Waals surface area contributed by atoms with Crippen molar-refractivity contribution in [2.75, 3.05) is 12.4 Å². The molecule has 1 saturated carbocycles. The highest BCUT2D eigenvalue weighted by Gasteiger charge is 2.33. The zero-order valence-corrected chi connectivity index (χ0v) is 12.6. The largest absolute Gasteiger partial charge is 0.497 e. The Bertz CT molecular complexity index is 637. The smallest absolute Gasteiger partial charge is 0.248 e. The topological polar surface area (TPSA) is 67.4 Å². The van der Waals surface area contributed by atoms with E-state index in [0.29, 0.717) is 17.0 Å². The van der Waals surface area contributed by atoms with Crippen LogP contribution in [0.4, 0.5) is 5.69 Å². The number of carbonyl (C=O) groups excluding carboxylic acids is 2. The molecule has 5 heteroatoms. The minimum Gasteiger partial charge on any atom is -0.497 e. The average molecular weight is 300 g/mol. The zero-order valence-electron chi connectivity index (χ0n) is 12.6. The third-order valence-electron chi connectivity index (χ3n) is 4.27. The Kier molecular flexibility index (Phi) is 4.13. The molecule has 1 unspecified atom stereocenters. The lowest BCUT2D eigenvalue weighted by Crippen LogP contribution is -2.30. The quantitative estimate of drug-likeness (QED) is 0.897. The van der Waals surface area contributed by atoms with Gasteiger partial charge in [0.2, 0.25) is 11.8 Å². The second-order valence-corrected chi connectivity index (χ2v) is 5.73. The van der Waals surface area contributed by atoms with Gasteiger partial charge in [-0.3, -0.25) is 9.59 Å². The first-order valence-corrected chi connectivity index (χ1v) is 7.64. The number of methoxy groups -OCH3 is 1. The summed E-state index contributed by atoms with van der Waals surface area (Å²) in [7, 11) is 1.58. The Morgan fingerprint density at radius 2 is 2.27 bits per heavy atom. The van der Waals surface area contributed by atoms with Crippen LogP contribution in [0.1, 0.15) is 32.1 Å². The van der Waals surface area contributed by atoms with E-state index in [1.165, 1.54) is 0 Å². The van der Waals surface area contributed by atoms with Gasteiger partial charge in [0.1, 0.15) is 5.75 Å². The molecule has 1 heterocycles. The summed E-state index contributed by atoms with van der Waals surface area (Å²) in [6.07, 6.45) is 4.28. The molecule has 22 heavy (non-hydrogen) atoms. The molecule has 0 radical (unpaired) electrons. The summed E-state index contributed by atoms with van der Waals surface area (Å²) in [5.74, 6) is 0.436. The van der Waals surface area contributed by atoms with E-state index >= 15 is 0 Å². The Morgan fingerprint density at radius 1 is 1.41 bits per heavy atom. The molecule has 2 amide bonds. The highest BCUT2D eigenvalue weighted by Crippen LogP contribution is 2.32. The monoisotopic (exact) mass is 300 g/mol. The second-order valence-electron chi connectivity index (χ2n) is 5.73. The molecular weight excluding hydrogens is 280 g/mol. The van der Waals surface area contributed by atoms with Crippen molar-refractivity contribution in [3.05, 3.63) is 35.4 Å². The summed E-state index contributed by atoms with van der Waals surface area (Å²) in [4.78, 5) is 24.3. The predicted octanol–water partition coefficient (Wildman–Crippen LogP) is 2.39. The SMILES string of the molecule is COc1cccc(NC(=O)CC2=C3CCCCC3NC2=O)c1. The molecule has 1 aliphatic carbocycles. The van der Waals surface area contributed by atoms with E-state index in [-0.39, 0.29) is 24.3 Å². The number of fused-ring (bicyclic) bond motifs is 1. The first kappa shape index (κ1) is 14.6. The van der Waals surface area contributed by atoms with Gasteiger partial charge < -0.3 is 15.4 Å². The van der Waals surface area contributed by atoms with Gasteiger partial charge >= 0.3 is 0 Å². The van der Waals surface area contributed by atoms with Crippen LogP contribution in [-0.2, 0) is 9.59 Å². The second kappa shape index (κ2) is 6.22. The number of hydrogen-bond donors (Lipinski definition) is 2. The van der Waals surface area contributed by atoms with Gasteiger partial charge in [-0.25, -0.2) is 0 Å². The van der Waals surface area contributed by atoms with Crippen molar-refractivity contribution in [2.45, 2.75) is 38.1 Å². The van der Waals surface area contributed by atoms with Crippen molar-refractivity contribution in [1.82, 2.24) is 5.32 Å².